The van der Waals surface area contributed by atoms with Gasteiger partial charge in [-0.3, -0.25) is 5.32 Å². The zero-order chi connectivity index (χ0) is 23.0. The lowest BCUT2D eigenvalue weighted by molar-refractivity contribution is 0.136. The second kappa shape index (κ2) is 10.9. The molecule has 2 aromatic rings. The van der Waals surface area contributed by atoms with Crippen molar-refractivity contribution in [2.24, 2.45) is 5.92 Å². The molecule has 168 valence electrons. The lowest BCUT2D eigenvalue weighted by Crippen LogP contribution is -2.35. The van der Waals surface area contributed by atoms with E-state index in [4.69, 9.17) is 4.74 Å². The Bertz CT molecular complexity index is 956. The van der Waals surface area contributed by atoms with Crippen molar-refractivity contribution in [2.45, 2.75) is 31.4 Å². The van der Waals surface area contributed by atoms with Gasteiger partial charge < -0.3 is 9.47 Å². The predicted molar refractivity (Wildman–Crippen MR) is 111 cm³/mol. The molecule has 0 aromatic carbocycles. The highest BCUT2D eigenvalue weighted by atomic mass is 32.1. The maximum atomic E-state index is 13.7. The number of hydrogen-bond donors (Lipinski definition) is 1. The second-order valence-corrected chi connectivity index (χ2v) is 8.27. The van der Waals surface area contributed by atoms with Gasteiger partial charge in [0.05, 0.1) is 12.8 Å². The molecule has 7 nitrogen and oxygen atoms in total. The number of rotatable bonds is 9. The number of amides is 1. The zero-order valence-electron chi connectivity index (χ0n) is 17.3. The first-order valence-corrected chi connectivity index (χ1v) is 10.1. The first-order valence-electron chi connectivity index (χ1n) is 9.35. The summed E-state index contributed by atoms with van der Waals surface area (Å²) in [7, 11) is 1.20. The number of alkyl halides is 3. The molecule has 0 saturated carbocycles. The van der Waals surface area contributed by atoms with Crippen molar-refractivity contribution in [3.63, 3.8) is 0 Å². The molecule has 1 amide bonds. The molecule has 0 fully saturated rings. The van der Waals surface area contributed by atoms with Gasteiger partial charge in [0.2, 0.25) is 0 Å². The number of hydrogen-bond acceptors (Lipinski definition) is 6. The van der Waals surface area contributed by atoms with Crippen LogP contribution in [0.2, 0.25) is 0 Å². The minimum atomic E-state index is -2.95. The van der Waals surface area contributed by atoms with Crippen LogP contribution in [0.4, 0.5) is 23.8 Å². The molecule has 1 N–H and O–H groups in total. The number of carbonyl (C=O) groups is 1. The van der Waals surface area contributed by atoms with Crippen molar-refractivity contribution in [3.8, 4) is 17.0 Å². The van der Waals surface area contributed by atoms with Crippen LogP contribution in [0.1, 0.15) is 32.4 Å². The van der Waals surface area contributed by atoms with Gasteiger partial charge in [0.1, 0.15) is 35.3 Å². The summed E-state index contributed by atoms with van der Waals surface area (Å²) in [5, 5.41) is 2.38. The monoisotopic (exact) mass is 456 g/mol. The van der Waals surface area contributed by atoms with E-state index in [0.29, 0.717) is 23.4 Å². The molecule has 0 aliphatic heterocycles. The van der Waals surface area contributed by atoms with E-state index in [1.54, 1.807) is 6.07 Å². The third-order valence-corrected chi connectivity index (χ3v) is 5.05. The van der Waals surface area contributed by atoms with Crippen LogP contribution in [-0.2, 0) is 4.74 Å². The van der Waals surface area contributed by atoms with Gasteiger partial charge in [-0.05, 0) is 36.6 Å². The lowest BCUT2D eigenvalue weighted by Gasteiger charge is -2.25. The number of pyridine rings is 2. The first-order chi connectivity index (χ1) is 14.7. The molecule has 11 heteroatoms. The average molecular weight is 456 g/mol. The van der Waals surface area contributed by atoms with Gasteiger partial charge in [-0.2, -0.15) is 4.61 Å². The molecule has 0 radical (unpaired) electrons. The number of nitrogens with one attached hydrogen (secondary N) is 1. The second-order valence-electron chi connectivity index (χ2n) is 7.22. The van der Waals surface area contributed by atoms with Crippen LogP contribution in [0, 0.1) is 10.5 Å². The summed E-state index contributed by atoms with van der Waals surface area (Å²) in [6.45, 7) is 2.54. The molecular weight excluding hydrogens is 433 g/mol. The molecule has 0 aliphatic carbocycles. The first kappa shape index (κ1) is 24.4. The van der Waals surface area contributed by atoms with E-state index >= 15 is 0 Å². The van der Waals surface area contributed by atoms with Crippen LogP contribution in [0.5, 0.6) is 5.75 Å². The van der Waals surface area contributed by atoms with E-state index in [-0.39, 0.29) is 29.8 Å². The normalized spacial score (nSPS) is 13.0. The number of halogens is 3. The van der Waals surface area contributed by atoms with Crippen LogP contribution < -0.4 is 10.1 Å². The van der Waals surface area contributed by atoms with Crippen molar-refractivity contribution in [2.75, 3.05) is 25.7 Å². The molecule has 2 aromatic heterocycles. The van der Waals surface area contributed by atoms with Crippen LogP contribution in [0.3, 0.4) is 0 Å². The predicted octanol–water partition coefficient (Wildman–Crippen LogP) is 5.61. The highest BCUT2D eigenvalue weighted by Crippen LogP contribution is 2.33. The fourth-order valence-electron chi connectivity index (χ4n) is 2.91. The van der Waals surface area contributed by atoms with Gasteiger partial charge in [0.25, 0.3) is 6.43 Å². The van der Waals surface area contributed by atoms with Crippen molar-refractivity contribution in [1.82, 2.24) is 9.97 Å². The number of ether oxygens (including phenoxy) is 2. The molecule has 2 rings (SSSR count). The third-order valence-electron chi connectivity index (χ3n) is 4.27. The number of carbonyl (C=O) groups excluding carboxylic acids is 1. The fraction of sp³-hybridized carbons (Fsp3) is 0.450. The summed E-state index contributed by atoms with van der Waals surface area (Å²) in [6, 6.07) is 5.77. The number of anilines is 1. The number of aromatic nitrogens is 2. The number of nitrogens with zero attached hydrogens (tertiary/aromatic N) is 3. The van der Waals surface area contributed by atoms with Crippen LogP contribution in [0.25, 0.3) is 11.3 Å². The summed E-state index contributed by atoms with van der Waals surface area (Å²) < 4.78 is 59.2. The molecule has 1 atom stereocenters. The molecule has 0 unspecified atom stereocenters. The van der Waals surface area contributed by atoms with Gasteiger partial charge in [-0.15, -0.1) is 0 Å². The Morgan fingerprint density at radius 2 is 2.06 bits per heavy atom. The number of methoxy groups -OCH3 is 1. The van der Waals surface area contributed by atoms with Gasteiger partial charge in [-0.1, -0.05) is 13.8 Å². The van der Waals surface area contributed by atoms with E-state index < -0.39 is 29.6 Å². The summed E-state index contributed by atoms with van der Waals surface area (Å²) in [5.41, 5.74) is 0.0177. The highest BCUT2D eigenvalue weighted by Gasteiger charge is 2.33. The Labute approximate surface area is 182 Å². The maximum Gasteiger partial charge on any atom is 0.412 e. The quantitative estimate of drug-likeness (QED) is 0.527. The third kappa shape index (κ3) is 6.53. The molecule has 0 bridgehead atoms. The fourth-order valence-corrected chi connectivity index (χ4v) is 3.48. The minimum Gasteiger partial charge on any atom is -0.489 e. The standard InChI is InChI=1S/C20H23F3N4O3S/c1-12(2)9-20(10-21,31-24)11-30-15-5-4-14(26-17(15)18(22)23)13-6-7-25-16(8-13)27-19(28)29-3/h4-8,12,18H,9-11H2,1-3H3,(H,25,27,28)/t20-/m1/s1. The Kier molecular flexibility index (Phi) is 8.58. The van der Waals surface area contributed by atoms with E-state index in [1.165, 1.54) is 31.5 Å². The lowest BCUT2D eigenvalue weighted by atomic mass is 9.98. The van der Waals surface area contributed by atoms with E-state index in [9.17, 15) is 22.6 Å². The Morgan fingerprint density at radius 1 is 1.32 bits per heavy atom. The maximum absolute atomic E-state index is 13.7. The van der Waals surface area contributed by atoms with Crippen LogP contribution in [-0.4, -0.2) is 41.2 Å². The molecule has 0 saturated heterocycles. The van der Waals surface area contributed by atoms with Crippen molar-refractivity contribution in [1.29, 1.82) is 4.61 Å². The van der Waals surface area contributed by atoms with Crippen LogP contribution >= 0.6 is 11.4 Å². The Morgan fingerprint density at radius 3 is 2.65 bits per heavy atom. The largest absolute Gasteiger partial charge is 0.489 e. The highest BCUT2D eigenvalue weighted by molar-refractivity contribution is 7.87. The molecule has 2 heterocycles. The SMILES string of the molecule is COC(=O)Nc1cc(-c2ccc(OC[C@](CF)(CC(C)C)S#N)c(C(F)F)n2)ccn1. The minimum absolute atomic E-state index is 0.0635. The molecule has 31 heavy (non-hydrogen) atoms. The summed E-state index contributed by atoms with van der Waals surface area (Å²) in [6.07, 6.45) is -1.99. The average Bonchev–Trinajstić information content (AvgIpc) is 2.76. The van der Waals surface area contributed by atoms with Crippen molar-refractivity contribution in [3.05, 3.63) is 36.2 Å². The van der Waals surface area contributed by atoms with Crippen LogP contribution in [0.15, 0.2) is 30.5 Å². The Balaban J connectivity index is 2.31. The molecule has 0 spiro atoms. The molecule has 0 aliphatic rings. The van der Waals surface area contributed by atoms with Gasteiger partial charge in [0.15, 0.2) is 0 Å². The van der Waals surface area contributed by atoms with E-state index in [2.05, 4.69) is 20.0 Å². The van der Waals surface area contributed by atoms with Gasteiger partial charge in [0, 0.05) is 23.2 Å². The Hall–Kier alpha value is -2.91. The summed E-state index contributed by atoms with van der Waals surface area (Å²) in [5.74, 6) is 0.0244. The topological polar surface area (TPSA) is 97.1 Å². The van der Waals surface area contributed by atoms with Gasteiger partial charge in [-0.25, -0.2) is 27.9 Å². The van der Waals surface area contributed by atoms with Gasteiger partial charge >= 0.3 is 6.09 Å². The summed E-state index contributed by atoms with van der Waals surface area (Å²) >= 11 is 0.328. The zero-order valence-corrected chi connectivity index (χ0v) is 18.1. The molecular formula is C20H23F3N4O3S. The van der Waals surface area contributed by atoms with E-state index in [0.717, 1.165) is 0 Å². The van der Waals surface area contributed by atoms with Crippen molar-refractivity contribution < 1.29 is 27.4 Å². The smallest absolute Gasteiger partial charge is 0.412 e. The van der Waals surface area contributed by atoms with E-state index in [1.807, 2.05) is 13.8 Å². The van der Waals surface area contributed by atoms with Crippen molar-refractivity contribution >= 4 is 23.3 Å². The summed E-state index contributed by atoms with van der Waals surface area (Å²) in [4.78, 5) is 19.3.